The number of aliphatic imine (C=N–C) groups is 1. The molecule has 1 aliphatic rings. The van der Waals surface area contributed by atoms with Gasteiger partial charge in [0.15, 0.2) is 17.5 Å². The second-order valence-corrected chi connectivity index (χ2v) is 7.27. The summed E-state index contributed by atoms with van der Waals surface area (Å²) in [5, 5.41) is 11.0. The molecule has 0 fully saturated rings. The Hall–Kier alpha value is -1.52. The monoisotopic (exact) mass is 516 g/mol. The fourth-order valence-electron chi connectivity index (χ4n) is 3.26. The van der Waals surface area contributed by atoms with Crippen molar-refractivity contribution in [3.05, 3.63) is 45.6 Å². The summed E-state index contributed by atoms with van der Waals surface area (Å²) in [5.74, 6) is 2.45. The van der Waals surface area contributed by atoms with Crippen molar-refractivity contribution in [1.82, 2.24) is 15.5 Å². The van der Waals surface area contributed by atoms with E-state index in [2.05, 4.69) is 49.5 Å². The highest BCUT2D eigenvalue weighted by Crippen LogP contribution is 2.33. The minimum absolute atomic E-state index is 0. The lowest BCUT2D eigenvalue weighted by molar-refractivity contribution is 0.256. The second-order valence-electron chi connectivity index (χ2n) is 6.49. The Labute approximate surface area is 188 Å². The number of methoxy groups -OCH3 is 2. The van der Waals surface area contributed by atoms with Crippen molar-refractivity contribution in [1.29, 1.82) is 0 Å². The van der Waals surface area contributed by atoms with Crippen LogP contribution in [0.1, 0.15) is 16.7 Å². The van der Waals surface area contributed by atoms with Crippen LogP contribution in [0.25, 0.3) is 0 Å². The smallest absolute Gasteiger partial charge is 0.191 e. The molecule has 0 unspecified atom stereocenters. The quantitative estimate of drug-likeness (QED) is 0.337. The van der Waals surface area contributed by atoms with Gasteiger partial charge in [-0.2, -0.15) is 11.3 Å². The van der Waals surface area contributed by atoms with Gasteiger partial charge in [-0.1, -0.05) is 0 Å². The van der Waals surface area contributed by atoms with Crippen LogP contribution in [0.4, 0.5) is 0 Å². The minimum atomic E-state index is 0. The Kier molecular flexibility index (Phi) is 9.33. The molecule has 0 atom stereocenters. The molecular weight excluding hydrogens is 487 g/mol. The van der Waals surface area contributed by atoms with E-state index in [9.17, 15) is 0 Å². The number of thiophene rings is 1. The third kappa shape index (κ3) is 5.99. The van der Waals surface area contributed by atoms with Crippen LogP contribution in [0.5, 0.6) is 11.5 Å². The minimum Gasteiger partial charge on any atom is -0.493 e. The first kappa shape index (κ1) is 22.8. The predicted octanol–water partition coefficient (Wildman–Crippen LogP) is 3.11. The van der Waals surface area contributed by atoms with Gasteiger partial charge < -0.3 is 20.1 Å². The number of fused-ring (bicyclic) bond motifs is 1. The van der Waals surface area contributed by atoms with E-state index in [-0.39, 0.29) is 24.0 Å². The van der Waals surface area contributed by atoms with Crippen molar-refractivity contribution < 1.29 is 9.47 Å². The van der Waals surface area contributed by atoms with Crippen LogP contribution in [0, 0.1) is 0 Å². The highest BCUT2D eigenvalue weighted by molar-refractivity contribution is 14.0. The van der Waals surface area contributed by atoms with Crippen molar-refractivity contribution in [3.8, 4) is 11.5 Å². The van der Waals surface area contributed by atoms with Crippen molar-refractivity contribution in [2.75, 3.05) is 40.9 Å². The highest BCUT2D eigenvalue weighted by atomic mass is 127. The number of nitrogens with one attached hydrogen (secondary N) is 2. The Morgan fingerprint density at radius 2 is 1.93 bits per heavy atom. The Morgan fingerprint density at radius 1 is 1.18 bits per heavy atom. The zero-order valence-electron chi connectivity index (χ0n) is 16.7. The maximum Gasteiger partial charge on any atom is 0.191 e. The first-order chi connectivity index (χ1) is 13.2. The molecule has 154 valence electrons. The molecular formula is C20H29IN4O2S. The van der Waals surface area contributed by atoms with Crippen LogP contribution >= 0.6 is 35.3 Å². The molecule has 0 saturated carbocycles. The van der Waals surface area contributed by atoms with E-state index in [0.717, 1.165) is 56.6 Å². The summed E-state index contributed by atoms with van der Waals surface area (Å²) < 4.78 is 10.9. The van der Waals surface area contributed by atoms with E-state index in [4.69, 9.17) is 9.47 Å². The topological polar surface area (TPSA) is 58.1 Å². The molecule has 2 N–H and O–H groups in total. The van der Waals surface area contributed by atoms with Gasteiger partial charge in [0.25, 0.3) is 0 Å². The summed E-state index contributed by atoms with van der Waals surface area (Å²) in [4.78, 5) is 6.75. The van der Waals surface area contributed by atoms with Gasteiger partial charge in [-0.15, -0.1) is 24.0 Å². The Balaban J connectivity index is 0.00000280. The van der Waals surface area contributed by atoms with E-state index < -0.39 is 0 Å². The van der Waals surface area contributed by atoms with Crippen molar-refractivity contribution in [3.63, 3.8) is 0 Å². The summed E-state index contributed by atoms with van der Waals surface area (Å²) in [6.07, 6.45) is 1.03. The first-order valence-electron chi connectivity index (χ1n) is 9.15. The molecule has 1 aliphatic heterocycles. The average molecular weight is 516 g/mol. The van der Waals surface area contributed by atoms with Gasteiger partial charge in [-0.3, -0.25) is 9.89 Å². The molecule has 0 bridgehead atoms. The lowest BCUT2D eigenvalue weighted by Crippen LogP contribution is -2.42. The molecule has 0 amide bonds. The SMILES string of the molecule is CN=C(NCCN1CCc2cc(OC)c(OC)cc2C1)NCc1ccsc1.I. The van der Waals surface area contributed by atoms with Crippen LogP contribution < -0.4 is 20.1 Å². The standard InChI is InChI=1S/C20H28N4O2S.HI/c1-21-20(23-12-15-5-9-27-14-15)22-6-8-24-7-4-16-10-18(25-2)19(26-3)11-17(16)13-24;/h5,9-11,14H,4,6-8,12-13H2,1-3H3,(H2,21,22,23);1H. The second kappa shape index (κ2) is 11.5. The lowest BCUT2D eigenvalue weighted by Gasteiger charge is -2.29. The fourth-order valence-corrected chi connectivity index (χ4v) is 3.93. The summed E-state index contributed by atoms with van der Waals surface area (Å²) in [7, 11) is 5.17. The predicted molar refractivity (Wildman–Crippen MR) is 126 cm³/mol. The molecule has 1 aromatic heterocycles. The van der Waals surface area contributed by atoms with Gasteiger partial charge in [-0.25, -0.2) is 0 Å². The normalized spacial score (nSPS) is 14.0. The van der Waals surface area contributed by atoms with E-state index in [0.29, 0.717) is 0 Å². The molecule has 2 heterocycles. The molecule has 2 aromatic rings. The zero-order valence-corrected chi connectivity index (χ0v) is 19.8. The van der Waals surface area contributed by atoms with Crippen LogP contribution in [0.2, 0.25) is 0 Å². The lowest BCUT2D eigenvalue weighted by atomic mass is 9.99. The van der Waals surface area contributed by atoms with Crippen LogP contribution in [0.15, 0.2) is 34.0 Å². The highest BCUT2D eigenvalue weighted by Gasteiger charge is 2.19. The molecule has 0 saturated heterocycles. The molecule has 1 aromatic carbocycles. The summed E-state index contributed by atoms with van der Waals surface area (Å²) in [6.45, 7) is 4.59. The van der Waals surface area contributed by atoms with Gasteiger partial charge in [0.2, 0.25) is 0 Å². The molecule has 6 nitrogen and oxygen atoms in total. The summed E-state index contributed by atoms with van der Waals surface area (Å²) in [6, 6.07) is 6.34. The van der Waals surface area contributed by atoms with E-state index in [1.807, 2.05) is 0 Å². The molecule has 0 radical (unpaired) electrons. The maximum atomic E-state index is 5.44. The van der Waals surface area contributed by atoms with Crippen LogP contribution in [-0.4, -0.2) is 51.8 Å². The van der Waals surface area contributed by atoms with Crippen LogP contribution in [-0.2, 0) is 19.5 Å². The maximum absolute atomic E-state index is 5.44. The fraction of sp³-hybridized carbons (Fsp3) is 0.450. The number of nitrogens with zero attached hydrogens (tertiary/aromatic N) is 2. The Morgan fingerprint density at radius 3 is 2.57 bits per heavy atom. The van der Waals surface area contributed by atoms with Crippen molar-refractivity contribution in [2.45, 2.75) is 19.5 Å². The first-order valence-corrected chi connectivity index (χ1v) is 10.1. The van der Waals surface area contributed by atoms with E-state index >= 15 is 0 Å². The Bertz CT molecular complexity index is 768. The number of hydrogen-bond acceptors (Lipinski definition) is 5. The summed E-state index contributed by atoms with van der Waals surface area (Å²) >= 11 is 1.71. The van der Waals surface area contributed by atoms with Gasteiger partial charge in [0, 0.05) is 39.8 Å². The van der Waals surface area contributed by atoms with Gasteiger partial charge in [0.1, 0.15) is 0 Å². The molecule has 0 spiro atoms. The zero-order chi connectivity index (χ0) is 19.1. The van der Waals surface area contributed by atoms with E-state index in [1.165, 1.54) is 16.7 Å². The average Bonchev–Trinajstić information content (AvgIpc) is 3.22. The molecule has 28 heavy (non-hydrogen) atoms. The third-order valence-corrected chi connectivity index (χ3v) is 5.51. The number of guanidine groups is 1. The number of rotatable bonds is 7. The van der Waals surface area contributed by atoms with Gasteiger partial charge in [0.05, 0.1) is 14.2 Å². The van der Waals surface area contributed by atoms with Gasteiger partial charge in [-0.05, 0) is 52.1 Å². The van der Waals surface area contributed by atoms with Crippen LogP contribution in [0.3, 0.4) is 0 Å². The van der Waals surface area contributed by atoms with E-state index in [1.54, 1.807) is 32.6 Å². The molecule has 3 rings (SSSR count). The molecule has 8 heteroatoms. The molecule has 0 aliphatic carbocycles. The van der Waals surface area contributed by atoms with Gasteiger partial charge >= 0.3 is 0 Å². The third-order valence-electron chi connectivity index (χ3n) is 4.78. The van der Waals surface area contributed by atoms with Crippen molar-refractivity contribution >= 4 is 41.3 Å². The largest absolute Gasteiger partial charge is 0.493 e. The number of benzene rings is 1. The number of ether oxygens (including phenoxy) is 2. The summed E-state index contributed by atoms with van der Waals surface area (Å²) in [5.41, 5.74) is 3.95. The number of hydrogen-bond donors (Lipinski definition) is 2. The number of halogens is 1. The van der Waals surface area contributed by atoms with Crippen molar-refractivity contribution in [2.24, 2.45) is 4.99 Å².